The van der Waals surface area contributed by atoms with Gasteiger partial charge in [0.1, 0.15) is 6.07 Å². The SMILES string of the molecule is CN(C)[C@]1(c2ccccc2)CC[C@]2(CC1)CN(NC(=O)Cc1ccnc(C#N)n1)C(=O)N2CC1CCC1. The van der Waals surface area contributed by atoms with E-state index >= 15 is 0 Å². The van der Waals surface area contributed by atoms with Gasteiger partial charge in [-0.3, -0.25) is 15.1 Å². The number of amides is 3. The van der Waals surface area contributed by atoms with Crippen LogP contribution in [0, 0.1) is 17.2 Å². The normalized spacial score (nSPS) is 25.8. The zero-order valence-electron chi connectivity index (χ0n) is 21.7. The lowest BCUT2D eigenvalue weighted by Crippen LogP contribution is -2.56. The molecule has 1 aromatic heterocycles. The van der Waals surface area contributed by atoms with Crippen LogP contribution < -0.4 is 5.43 Å². The number of nitrogens with one attached hydrogen (secondary N) is 1. The van der Waals surface area contributed by atoms with E-state index in [1.165, 1.54) is 23.2 Å². The molecule has 194 valence electrons. The van der Waals surface area contributed by atoms with Gasteiger partial charge in [0.15, 0.2) is 0 Å². The van der Waals surface area contributed by atoms with Crippen LogP contribution in [0.15, 0.2) is 42.6 Å². The van der Waals surface area contributed by atoms with Crippen molar-refractivity contribution in [1.29, 1.82) is 5.26 Å². The van der Waals surface area contributed by atoms with Crippen LogP contribution in [0.2, 0.25) is 0 Å². The molecule has 3 fully saturated rings. The highest BCUT2D eigenvalue weighted by Crippen LogP contribution is 2.49. The Hall–Kier alpha value is -3.51. The molecular weight excluding hydrogens is 466 g/mol. The number of nitriles is 1. The summed E-state index contributed by atoms with van der Waals surface area (Å²) in [6.45, 7) is 1.23. The third-order valence-corrected chi connectivity index (χ3v) is 8.74. The molecule has 1 N–H and O–H groups in total. The Morgan fingerprint density at radius 3 is 2.51 bits per heavy atom. The molecule has 3 amide bonds. The lowest BCUT2D eigenvalue weighted by Gasteiger charge is -2.51. The number of hydrogen-bond acceptors (Lipinski definition) is 6. The van der Waals surface area contributed by atoms with Crippen LogP contribution in [0.3, 0.4) is 0 Å². The van der Waals surface area contributed by atoms with Crippen molar-refractivity contribution in [2.45, 2.75) is 62.4 Å². The van der Waals surface area contributed by atoms with E-state index in [4.69, 9.17) is 5.26 Å². The van der Waals surface area contributed by atoms with E-state index in [0.717, 1.165) is 45.1 Å². The van der Waals surface area contributed by atoms with Crippen molar-refractivity contribution in [1.82, 2.24) is 30.2 Å². The second-order valence-electron chi connectivity index (χ2n) is 11.0. The quantitative estimate of drug-likeness (QED) is 0.625. The Bertz CT molecular complexity index is 1180. The highest BCUT2D eigenvalue weighted by molar-refractivity contribution is 5.84. The van der Waals surface area contributed by atoms with Crippen molar-refractivity contribution in [3.8, 4) is 6.07 Å². The van der Waals surface area contributed by atoms with Gasteiger partial charge in [-0.05, 0) is 70.2 Å². The molecule has 1 aromatic carbocycles. The van der Waals surface area contributed by atoms with Crippen molar-refractivity contribution in [2.75, 3.05) is 27.2 Å². The molecule has 5 rings (SSSR count). The largest absolute Gasteiger partial charge is 0.339 e. The summed E-state index contributed by atoms with van der Waals surface area (Å²) in [4.78, 5) is 38.9. The van der Waals surface area contributed by atoms with Gasteiger partial charge in [-0.1, -0.05) is 36.8 Å². The van der Waals surface area contributed by atoms with E-state index in [-0.39, 0.29) is 35.3 Å². The Kier molecular flexibility index (Phi) is 6.86. The molecule has 1 aliphatic heterocycles. The summed E-state index contributed by atoms with van der Waals surface area (Å²) in [7, 11) is 4.29. The number of benzene rings is 1. The minimum absolute atomic E-state index is 0.0195. The van der Waals surface area contributed by atoms with Gasteiger partial charge in [0.05, 0.1) is 24.2 Å². The zero-order valence-corrected chi connectivity index (χ0v) is 21.7. The fourth-order valence-electron chi connectivity index (χ4n) is 6.29. The molecule has 2 aliphatic carbocycles. The molecular formula is C28H35N7O2. The van der Waals surface area contributed by atoms with Gasteiger partial charge in [0.25, 0.3) is 0 Å². The summed E-state index contributed by atoms with van der Waals surface area (Å²) < 4.78 is 0. The van der Waals surface area contributed by atoms with Crippen LogP contribution in [0.4, 0.5) is 4.79 Å². The molecule has 2 heterocycles. The first kappa shape index (κ1) is 25.2. The van der Waals surface area contributed by atoms with Crippen molar-refractivity contribution >= 4 is 11.9 Å². The minimum Gasteiger partial charge on any atom is -0.315 e. The number of aromatic nitrogens is 2. The smallest absolute Gasteiger partial charge is 0.315 e. The monoisotopic (exact) mass is 501 g/mol. The molecule has 0 atom stereocenters. The van der Waals surface area contributed by atoms with Crippen LogP contribution >= 0.6 is 0 Å². The lowest BCUT2D eigenvalue weighted by atomic mass is 9.68. The van der Waals surface area contributed by atoms with E-state index in [1.807, 2.05) is 6.07 Å². The van der Waals surface area contributed by atoms with Crippen molar-refractivity contribution in [2.24, 2.45) is 5.92 Å². The van der Waals surface area contributed by atoms with Crippen LogP contribution in [0.1, 0.15) is 62.0 Å². The first-order valence-electron chi connectivity index (χ1n) is 13.2. The van der Waals surface area contributed by atoms with Gasteiger partial charge >= 0.3 is 6.03 Å². The summed E-state index contributed by atoms with van der Waals surface area (Å²) in [6, 6.07) is 14.1. The number of rotatable bonds is 7. The summed E-state index contributed by atoms with van der Waals surface area (Å²) in [5.74, 6) is 0.244. The molecule has 0 radical (unpaired) electrons. The zero-order chi connectivity index (χ0) is 26.0. The van der Waals surface area contributed by atoms with Crippen LogP contribution in [-0.4, -0.2) is 69.4 Å². The standard InChI is InChI=1S/C28H35N7O2/c1-33(2)28(22-9-4-3-5-10-22)14-12-27(13-15-28)20-35(26(37)34(27)19-21-7-6-8-21)32-25(36)17-23-11-16-30-24(18-29)31-23/h3-5,9-11,16,21H,6-8,12-15,17,19-20H2,1-2H3,(H,32,36)/t27-,28+. The predicted octanol–water partition coefficient (Wildman–Crippen LogP) is 3.23. The van der Waals surface area contributed by atoms with Gasteiger partial charge in [0.2, 0.25) is 11.7 Å². The Morgan fingerprint density at radius 2 is 1.89 bits per heavy atom. The Balaban J connectivity index is 1.34. The van der Waals surface area contributed by atoms with E-state index in [9.17, 15) is 9.59 Å². The van der Waals surface area contributed by atoms with Crippen molar-refractivity contribution < 1.29 is 9.59 Å². The topological polar surface area (TPSA) is 105 Å². The lowest BCUT2D eigenvalue weighted by molar-refractivity contribution is -0.124. The minimum atomic E-state index is -0.320. The van der Waals surface area contributed by atoms with Crippen molar-refractivity contribution in [3.05, 3.63) is 59.7 Å². The highest BCUT2D eigenvalue weighted by atomic mass is 16.2. The highest BCUT2D eigenvalue weighted by Gasteiger charge is 2.55. The fourth-order valence-corrected chi connectivity index (χ4v) is 6.29. The third kappa shape index (κ3) is 4.78. The number of urea groups is 1. The average molecular weight is 502 g/mol. The molecule has 9 nitrogen and oxygen atoms in total. The van der Waals surface area contributed by atoms with E-state index in [2.05, 4.69) is 69.6 Å². The third-order valence-electron chi connectivity index (χ3n) is 8.74. The fraction of sp³-hybridized carbons (Fsp3) is 0.536. The molecule has 1 spiro atoms. The molecule has 37 heavy (non-hydrogen) atoms. The molecule has 1 saturated heterocycles. The van der Waals surface area contributed by atoms with Gasteiger partial charge < -0.3 is 4.90 Å². The summed E-state index contributed by atoms with van der Waals surface area (Å²) in [6.07, 6.45) is 8.63. The first-order valence-corrected chi connectivity index (χ1v) is 13.2. The number of hydrazine groups is 1. The summed E-state index contributed by atoms with van der Waals surface area (Å²) >= 11 is 0. The number of nitrogens with zero attached hydrogens (tertiary/aromatic N) is 6. The average Bonchev–Trinajstić information content (AvgIpc) is 3.12. The maximum atomic E-state index is 13.7. The van der Waals surface area contributed by atoms with E-state index in [1.54, 1.807) is 6.07 Å². The Morgan fingerprint density at radius 1 is 1.16 bits per heavy atom. The molecule has 3 aliphatic rings. The van der Waals surface area contributed by atoms with Gasteiger partial charge in [0, 0.05) is 18.3 Å². The predicted molar refractivity (Wildman–Crippen MR) is 138 cm³/mol. The summed E-state index contributed by atoms with van der Waals surface area (Å²) in [5.41, 5.74) is 4.25. The first-order chi connectivity index (χ1) is 17.8. The van der Waals surface area contributed by atoms with E-state index < -0.39 is 0 Å². The van der Waals surface area contributed by atoms with Crippen molar-refractivity contribution in [3.63, 3.8) is 0 Å². The molecule has 2 aromatic rings. The van der Waals surface area contributed by atoms with Crippen LogP contribution in [0.25, 0.3) is 0 Å². The maximum absolute atomic E-state index is 13.7. The molecule has 0 unspecified atom stereocenters. The Labute approximate surface area is 218 Å². The summed E-state index contributed by atoms with van der Waals surface area (Å²) in [5, 5.41) is 10.5. The molecule has 0 bridgehead atoms. The van der Waals surface area contributed by atoms with Crippen LogP contribution in [-0.2, 0) is 16.8 Å². The second-order valence-corrected chi connectivity index (χ2v) is 11.0. The van der Waals surface area contributed by atoms with Crippen LogP contribution in [0.5, 0.6) is 0 Å². The molecule has 2 saturated carbocycles. The number of hydrogen-bond donors (Lipinski definition) is 1. The van der Waals surface area contributed by atoms with Gasteiger partial charge in [-0.2, -0.15) is 5.26 Å². The maximum Gasteiger partial charge on any atom is 0.339 e. The van der Waals surface area contributed by atoms with Gasteiger partial charge in [-0.25, -0.2) is 19.8 Å². The van der Waals surface area contributed by atoms with E-state index in [0.29, 0.717) is 18.2 Å². The number of carbonyl (C=O) groups excluding carboxylic acids is 2. The number of carbonyl (C=O) groups is 2. The van der Waals surface area contributed by atoms with Gasteiger partial charge in [-0.15, -0.1) is 0 Å². The second kappa shape index (κ2) is 10.1. The molecule has 9 heteroatoms.